The van der Waals surface area contributed by atoms with Crippen molar-refractivity contribution >= 4 is 17.5 Å². The van der Waals surface area contributed by atoms with Crippen LogP contribution >= 0.6 is 11.8 Å². The van der Waals surface area contributed by atoms with Gasteiger partial charge in [0.25, 0.3) is 0 Å². The van der Waals surface area contributed by atoms with Crippen LogP contribution in [0.4, 0.5) is 0 Å². The van der Waals surface area contributed by atoms with Crippen LogP contribution in [-0.4, -0.2) is 30.0 Å². The van der Waals surface area contributed by atoms with Gasteiger partial charge in [0.1, 0.15) is 0 Å². The number of thioether (sulfide) groups is 1. The first kappa shape index (κ1) is 13.2. The van der Waals surface area contributed by atoms with E-state index in [0.29, 0.717) is 0 Å². The van der Waals surface area contributed by atoms with E-state index in [4.69, 9.17) is 0 Å². The molecule has 96 valence electrons. The topological polar surface area (TPSA) is 20.3 Å². The van der Waals surface area contributed by atoms with Crippen LogP contribution in [0, 0.1) is 0 Å². The fraction of sp³-hybridized carbons (Fsp3) is 0.400. The first-order valence-electron chi connectivity index (χ1n) is 6.41. The summed E-state index contributed by atoms with van der Waals surface area (Å²) >= 11 is 1.67. The molecule has 0 saturated carbocycles. The van der Waals surface area contributed by atoms with E-state index in [-0.39, 0.29) is 5.78 Å². The third-order valence-corrected chi connectivity index (χ3v) is 3.98. The molecular weight excluding hydrogens is 242 g/mol. The summed E-state index contributed by atoms with van der Waals surface area (Å²) in [5.74, 6) is 0.102. The summed E-state index contributed by atoms with van der Waals surface area (Å²) in [7, 11) is 0. The summed E-state index contributed by atoms with van der Waals surface area (Å²) in [5, 5.41) is 1.10. The van der Waals surface area contributed by atoms with Crippen LogP contribution in [0.25, 0.3) is 0 Å². The zero-order valence-corrected chi connectivity index (χ0v) is 11.6. The van der Waals surface area contributed by atoms with Crippen LogP contribution in [0.5, 0.6) is 0 Å². The van der Waals surface area contributed by atoms with Gasteiger partial charge in [-0.1, -0.05) is 30.3 Å². The molecule has 0 atom stereocenters. The van der Waals surface area contributed by atoms with E-state index in [1.807, 2.05) is 36.6 Å². The third-order valence-electron chi connectivity index (χ3n) is 3.19. The molecule has 0 aliphatic carbocycles. The molecule has 2 nitrogen and oxygen atoms in total. The molecule has 1 aromatic carbocycles. The third kappa shape index (κ3) is 3.39. The highest BCUT2D eigenvalue weighted by Gasteiger charge is 2.14. The molecule has 0 radical (unpaired) electrons. The summed E-state index contributed by atoms with van der Waals surface area (Å²) < 4.78 is 0. The number of hydrogen-bond acceptors (Lipinski definition) is 3. The second-order valence-electron chi connectivity index (χ2n) is 4.46. The van der Waals surface area contributed by atoms with Gasteiger partial charge in [0, 0.05) is 24.7 Å². The van der Waals surface area contributed by atoms with Gasteiger partial charge in [0.05, 0.1) is 5.03 Å². The number of ketones is 1. The molecule has 0 N–H and O–H groups in total. The molecule has 1 heterocycles. The minimum absolute atomic E-state index is 0.102. The van der Waals surface area contributed by atoms with Crippen molar-refractivity contribution in [3.8, 4) is 0 Å². The van der Waals surface area contributed by atoms with Gasteiger partial charge >= 0.3 is 0 Å². The molecule has 0 unspecified atom stereocenters. The molecular formula is C15H19NOS. The normalized spacial score (nSPS) is 16.7. The Morgan fingerprint density at radius 3 is 2.44 bits per heavy atom. The Morgan fingerprint density at radius 2 is 1.83 bits per heavy atom. The van der Waals surface area contributed by atoms with E-state index in [1.54, 1.807) is 17.8 Å². The molecule has 1 aromatic rings. The number of allylic oxidation sites excluding steroid dienone is 1. The van der Waals surface area contributed by atoms with Gasteiger partial charge in [0.15, 0.2) is 5.78 Å². The summed E-state index contributed by atoms with van der Waals surface area (Å²) in [4.78, 5) is 14.5. The van der Waals surface area contributed by atoms with Crippen molar-refractivity contribution in [3.63, 3.8) is 0 Å². The van der Waals surface area contributed by atoms with Crippen LogP contribution in [0.3, 0.4) is 0 Å². The molecule has 1 saturated heterocycles. The minimum Gasteiger partial charge on any atom is -0.366 e. The second kappa shape index (κ2) is 6.64. The monoisotopic (exact) mass is 261 g/mol. The highest BCUT2D eigenvalue weighted by molar-refractivity contribution is 8.02. The van der Waals surface area contributed by atoms with E-state index in [2.05, 4.69) is 4.90 Å². The van der Waals surface area contributed by atoms with E-state index in [0.717, 1.165) is 23.7 Å². The quantitative estimate of drug-likeness (QED) is 0.610. The predicted octanol–water partition coefficient (Wildman–Crippen LogP) is 3.56. The number of benzene rings is 1. The molecule has 0 bridgehead atoms. The minimum atomic E-state index is 0.102. The maximum atomic E-state index is 12.1. The number of nitrogens with zero attached hydrogens (tertiary/aromatic N) is 1. The molecule has 0 aromatic heterocycles. The van der Waals surface area contributed by atoms with E-state index in [1.165, 1.54) is 19.3 Å². The highest BCUT2D eigenvalue weighted by Crippen LogP contribution is 2.22. The standard InChI is InChI=1S/C15H19NOS/c1-18-15(16-10-6-3-7-11-16)12-14(17)13-8-4-2-5-9-13/h2,4-5,8-9,12H,3,6-7,10-11H2,1H3. The van der Waals surface area contributed by atoms with Crippen LogP contribution < -0.4 is 0 Å². The Balaban J connectivity index is 2.11. The van der Waals surface area contributed by atoms with Gasteiger partial charge in [-0.15, -0.1) is 11.8 Å². The number of hydrogen-bond donors (Lipinski definition) is 0. The van der Waals surface area contributed by atoms with Crippen molar-refractivity contribution in [1.29, 1.82) is 0 Å². The lowest BCUT2D eigenvalue weighted by atomic mass is 10.1. The Hall–Kier alpha value is -1.22. The van der Waals surface area contributed by atoms with Crippen molar-refractivity contribution in [2.45, 2.75) is 19.3 Å². The van der Waals surface area contributed by atoms with Gasteiger partial charge in [-0.25, -0.2) is 0 Å². The smallest absolute Gasteiger partial charge is 0.188 e. The van der Waals surface area contributed by atoms with Crippen molar-refractivity contribution < 1.29 is 4.79 Å². The molecule has 1 fully saturated rings. The number of rotatable bonds is 4. The fourth-order valence-electron chi connectivity index (χ4n) is 2.19. The second-order valence-corrected chi connectivity index (χ2v) is 5.29. The zero-order valence-electron chi connectivity index (χ0n) is 10.8. The lowest BCUT2D eigenvalue weighted by molar-refractivity contribution is 0.104. The number of carbonyl (C=O) groups excluding carboxylic acids is 1. The maximum Gasteiger partial charge on any atom is 0.188 e. The maximum absolute atomic E-state index is 12.1. The highest BCUT2D eigenvalue weighted by atomic mass is 32.2. The van der Waals surface area contributed by atoms with Crippen LogP contribution in [-0.2, 0) is 0 Å². The molecule has 1 aliphatic rings. The zero-order chi connectivity index (χ0) is 12.8. The predicted molar refractivity (Wildman–Crippen MR) is 77.8 cm³/mol. The summed E-state index contributed by atoms with van der Waals surface area (Å²) in [6.45, 7) is 2.16. The molecule has 0 spiro atoms. The lowest BCUT2D eigenvalue weighted by Crippen LogP contribution is -2.28. The van der Waals surface area contributed by atoms with Gasteiger partial charge in [-0.2, -0.15) is 0 Å². The van der Waals surface area contributed by atoms with E-state index < -0.39 is 0 Å². The summed E-state index contributed by atoms with van der Waals surface area (Å²) in [6.07, 6.45) is 7.60. The molecule has 2 rings (SSSR count). The number of carbonyl (C=O) groups is 1. The number of likely N-dealkylation sites (tertiary alicyclic amines) is 1. The molecule has 18 heavy (non-hydrogen) atoms. The van der Waals surface area contributed by atoms with Gasteiger partial charge < -0.3 is 4.90 Å². The molecule has 1 aliphatic heterocycles. The lowest BCUT2D eigenvalue weighted by Gasteiger charge is -2.29. The first-order valence-corrected chi connectivity index (χ1v) is 7.64. The average molecular weight is 261 g/mol. The van der Waals surface area contributed by atoms with Crippen LogP contribution in [0.15, 0.2) is 41.4 Å². The Kier molecular flexibility index (Phi) is 4.88. The Bertz CT molecular complexity index is 421. The van der Waals surface area contributed by atoms with Crippen molar-refractivity contribution in [3.05, 3.63) is 47.0 Å². The first-order chi connectivity index (χ1) is 8.81. The van der Waals surface area contributed by atoms with Crippen LogP contribution in [0.1, 0.15) is 29.6 Å². The van der Waals surface area contributed by atoms with Crippen molar-refractivity contribution in [2.24, 2.45) is 0 Å². The van der Waals surface area contributed by atoms with Gasteiger partial charge in [0.2, 0.25) is 0 Å². The van der Waals surface area contributed by atoms with Crippen LogP contribution in [0.2, 0.25) is 0 Å². The Labute approximate surface area is 113 Å². The SMILES string of the molecule is CSC(=CC(=O)c1ccccc1)N1CCCCC1. The van der Waals surface area contributed by atoms with E-state index >= 15 is 0 Å². The van der Waals surface area contributed by atoms with Gasteiger partial charge in [-0.3, -0.25) is 4.79 Å². The van der Waals surface area contributed by atoms with E-state index in [9.17, 15) is 4.79 Å². The average Bonchev–Trinajstić information content (AvgIpc) is 2.46. The molecule has 3 heteroatoms. The van der Waals surface area contributed by atoms with Crippen molar-refractivity contribution in [2.75, 3.05) is 19.3 Å². The largest absolute Gasteiger partial charge is 0.366 e. The molecule has 0 amide bonds. The van der Waals surface area contributed by atoms with Gasteiger partial charge in [-0.05, 0) is 25.5 Å². The van der Waals surface area contributed by atoms with Crippen molar-refractivity contribution in [1.82, 2.24) is 4.90 Å². The summed E-state index contributed by atoms with van der Waals surface area (Å²) in [5.41, 5.74) is 0.765. The fourth-order valence-corrected chi connectivity index (χ4v) is 2.86. The number of piperidine rings is 1. The Morgan fingerprint density at radius 1 is 1.17 bits per heavy atom. The summed E-state index contributed by atoms with van der Waals surface area (Å²) in [6, 6.07) is 9.47.